The van der Waals surface area contributed by atoms with Gasteiger partial charge in [-0.25, -0.2) is 11.1 Å². The Labute approximate surface area is 168 Å². The number of allylic oxidation sites excluding steroid dienone is 8. The van der Waals surface area contributed by atoms with Gasteiger partial charge in [0.05, 0.1) is 0 Å². The van der Waals surface area contributed by atoms with Gasteiger partial charge in [-0.05, 0) is 0 Å². The Morgan fingerprint density at radius 3 is 0.870 bits per heavy atom. The molecule has 0 aromatic rings. The van der Waals surface area contributed by atoms with E-state index in [1.165, 1.54) is 39.8 Å². The van der Waals surface area contributed by atoms with Gasteiger partial charge in [0.25, 0.3) is 0 Å². The van der Waals surface area contributed by atoms with Crippen LogP contribution in [0.15, 0.2) is 33.4 Å². The Balaban J connectivity index is 0. The smallest absolute Gasteiger partial charge is 0.263 e. The summed E-state index contributed by atoms with van der Waals surface area (Å²) in [6, 6.07) is 0. The third-order valence-electron chi connectivity index (χ3n) is 5.12. The summed E-state index contributed by atoms with van der Waals surface area (Å²) in [5.41, 5.74) is 8.79. The molecule has 0 aromatic carbocycles. The van der Waals surface area contributed by atoms with Crippen LogP contribution in [-0.4, -0.2) is 6.38 Å². The first kappa shape index (κ1) is 25.4. The summed E-state index contributed by atoms with van der Waals surface area (Å²) in [7, 11) is 0. The van der Waals surface area contributed by atoms with E-state index in [1.54, 1.807) is 0 Å². The maximum absolute atomic E-state index is 4.64. The fourth-order valence-corrected chi connectivity index (χ4v) is 2.81. The van der Waals surface area contributed by atoms with Crippen molar-refractivity contribution in [2.24, 2.45) is 10.8 Å². The zero-order valence-electron chi connectivity index (χ0n) is 16.9. The molecule has 2 aliphatic rings. The molecule has 0 saturated heterocycles. The second kappa shape index (κ2) is 9.56. The molecule has 0 atom stereocenters. The molecule has 0 N–H and O–H groups in total. The van der Waals surface area contributed by atoms with Crippen molar-refractivity contribution in [1.29, 1.82) is 0 Å². The van der Waals surface area contributed by atoms with Gasteiger partial charge in [-0.15, -0.1) is 25.4 Å². The maximum atomic E-state index is 4.64. The quantitative estimate of drug-likeness (QED) is 0.190. The molecule has 0 bridgehead atoms. The van der Waals surface area contributed by atoms with Crippen LogP contribution in [0.2, 0.25) is 0 Å². The predicted octanol–water partition coefficient (Wildman–Crippen LogP) is 7.08. The molecule has 2 rings (SSSR count). The van der Waals surface area contributed by atoms with Crippen LogP contribution in [-0.2, 0) is 25.8 Å². The molecular formula is C21H33ClHf+2. The number of hydrogen-bond donors (Lipinski definition) is 0. The van der Waals surface area contributed by atoms with Gasteiger partial charge in [0.15, 0.2) is 0 Å². The van der Waals surface area contributed by atoms with E-state index >= 15 is 0 Å². The molecule has 0 radical (unpaired) electrons. The Hall–Kier alpha value is 0.120. The Kier molecular flexibility index (Phi) is 10.5. The van der Waals surface area contributed by atoms with Gasteiger partial charge in [-0.3, -0.25) is 12.2 Å². The molecule has 0 unspecified atom stereocenters. The summed E-state index contributed by atoms with van der Waals surface area (Å²) in [6.07, 6.45) is 8.34. The van der Waals surface area contributed by atoms with Gasteiger partial charge in [0, 0.05) is 6.38 Å². The van der Waals surface area contributed by atoms with Crippen LogP contribution in [0, 0.1) is 23.0 Å². The van der Waals surface area contributed by atoms with Gasteiger partial charge >= 0.3 is 25.8 Å². The molecule has 0 aromatic heterocycles. The fourth-order valence-electron chi connectivity index (χ4n) is 2.81. The average molecular weight is 499 g/mol. The number of rotatable bonds is 0. The van der Waals surface area contributed by atoms with E-state index < -0.39 is 0 Å². The second-order valence-electron chi connectivity index (χ2n) is 7.25. The van der Waals surface area contributed by atoms with Gasteiger partial charge in [-0.1, -0.05) is 66.2 Å². The molecule has 0 saturated carbocycles. The zero-order valence-corrected chi connectivity index (χ0v) is 21.2. The minimum absolute atomic E-state index is 0. The number of alkyl halides is 1. The molecular weight excluding hydrogens is 466 g/mol. The SMILES string of the molecule is CC1=[C-]C(C)(C)C(C)=C1C.CC1=[C-]C(C)(C)C(C)=C1C.CCl.[Hf+4]. The van der Waals surface area contributed by atoms with E-state index in [4.69, 9.17) is 0 Å². The van der Waals surface area contributed by atoms with Crippen LogP contribution in [0.1, 0.15) is 69.2 Å². The fraction of sp³-hybridized carbons (Fsp3) is 0.619. The van der Waals surface area contributed by atoms with Crippen molar-refractivity contribution in [3.63, 3.8) is 0 Å². The topological polar surface area (TPSA) is 0 Å². The predicted molar refractivity (Wildman–Crippen MR) is 101 cm³/mol. The second-order valence-corrected chi connectivity index (χ2v) is 7.25. The molecule has 0 spiro atoms. The molecule has 0 fully saturated rings. The van der Waals surface area contributed by atoms with Crippen molar-refractivity contribution in [3.05, 3.63) is 45.6 Å². The summed E-state index contributed by atoms with van der Waals surface area (Å²) in [5.74, 6) is 0. The maximum Gasteiger partial charge on any atom is 4.00 e. The van der Waals surface area contributed by atoms with Crippen molar-refractivity contribution in [2.45, 2.75) is 69.2 Å². The first-order valence-corrected chi connectivity index (χ1v) is 8.63. The van der Waals surface area contributed by atoms with Crippen LogP contribution in [0.25, 0.3) is 0 Å². The van der Waals surface area contributed by atoms with Crippen molar-refractivity contribution >= 4 is 11.6 Å². The molecule has 2 heteroatoms. The molecule has 0 heterocycles. The minimum atomic E-state index is 0. The van der Waals surface area contributed by atoms with E-state index in [2.05, 4.69) is 93.0 Å². The van der Waals surface area contributed by atoms with E-state index in [9.17, 15) is 0 Å². The van der Waals surface area contributed by atoms with Gasteiger partial charge in [0.2, 0.25) is 0 Å². The number of halogens is 1. The summed E-state index contributed by atoms with van der Waals surface area (Å²) in [5, 5.41) is 0. The normalized spacial score (nSPS) is 20.7. The third kappa shape index (κ3) is 6.16. The number of hydrogen-bond acceptors (Lipinski definition) is 0. The summed E-state index contributed by atoms with van der Waals surface area (Å²) in [6.45, 7) is 21.8. The Morgan fingerprint density at radius 2 is 0.826 bits per heavy atom. The molecule has 2 aliphatic carbocycles. The van der Waals surface area contributed by atoms with Crippen LogP contribution >= 0.6 is 11.6 Å². The molecule has 23 heavy (non-hydrogen) atoms. The first-order valence-electron chi connectivity index (χ1n) is 7.88. The largest absolute Gasteiger partial charge is 4.00 e. The summed E-state index contributed by atoms with van der Waals surface area (Å²) < 4.78 is 0. The van der Waals surface area contributed by atoms with E-state index in [0.717, 1.165) is 0 Å². The first-order chi connectivity index (χ1) is 9.90. The zero-order chi connectivity index (χ0) is 17.9. The van der Waals surface area contributed by atoms with Crippen molar-refractivity contribution in [1.82, 2.24) is 0 Å². The van der Waals surface area contributed by atoms with Crippen LogP contribution in [0.5, 0.6) is 0 Å². The van der Waals surface area contributed by atoms with Crippen LogP contribution in [0.4, 0.5) is 0 Å². The Bertz CT molecular complexity index is 490. The molecule has 0 amide bonds. The van der Waals surface area contributed by atoms with Crippen molar-refractivity contribution in [3.8, 4) is 0 Å². The van der Waals surface area contributed by atoms with E-state index in [-0.39, 0.29) is 36.7 Å². The summed E-state index contributed by atoms with van der Waals surface area (Å²) in [4.78, 5) is 0. The van der Waals surface area contributed by atoms with Crippen molar-refractivity contribution < 1.29 is 25.8 Å². The van der Waals surface area contributed by atoms with Crippen molar-refractivity contribution in [2.75, 3.05) is 6.38 Å². The standard InChI is InChI=1S/2C10H15.CH3Cl.Hf/c2*1-7-6-10(4,5)9(3)8(7)2;1-2;/h2*1-5H3;1H3;/q2*-1;;+4. The monoisotopic (exact) mass is 500 g/mol. The van der Waals surface area contributed by atoms with Gasteiger partial charge in [-0.2, -0.15) is 22.3 Å². The van der Waals surface area contributed by atoms with Gasteiger partial charge in [0.1, 0.15) is 0 Å². The average Bonchev–Trinajstić information content (AvgIpc) is 2.72. The van der Waals surface area contributed by atoms with E-state index in [1.807, 2.05) is 0 Å². The molecule has 126 valence electrons. The van der Waals surface area contributed by atoms with E-state index in [0.29, 0.717) is 0 Å². The van der Waals surface area contributed by atoms with Crippen LogP contribution in [0.3, 0.4) is 0 Å². The molecule has 0 nitrogen and oxygen atoms in total. The summed E-state index contributed by atoms with van der Waals surface area (Å²) >= 11 is 4.64. The minimum Gasteiger partial charge on any atom is -0.263 e. The molecule has 0 aliphatic heterocycles. The Morgan fingerprint density at radius 1 is 0.609 bits per heavy atom. The third-order valence-corrected chi connectivity index (χ3v) is 5.12. The van der Waals surface area contributed by atoms with Crippen LogP contribution < -0.4 is 0 Å². The van der Waals surface area contributed by atoms with Gasteiger partial charge < -0.3 is 0 Å².